The van der Waals surface area contributed by atoms with Crippen LogP contribution in [0.15, 0.2) is 23.1 Å². The fraction of sp³-hybridized carbons (Fsp3) is 0.550. The van der Waals surface area contributed by atoms with Gasteiger partial charge in [0.15, 0.2) is 0 Å². The minimum atomic E-state index is -4.45. The molecule has 2 aliphatic rings. The van der Waals surface area contributed by atoms with E-state index in [2.05, 4.69) is 10.6 Å². The number of carbonyl (C=O) groups is 3. The Labute approximate surface area is 190 Å². The molecule has 1 aromatic rings. The lowest BCUT2D eigenvalue weighted by atomic mass is 10.3. The van der Waals surface area contributed by atoms with Gasteiger partial charge in [-0.3, -0.25) is 14.4 Å². The molecular weight excluding hydrogens is 462 g/mol. The van der Waals surface area contributed by atoms with Gasteiger partial charge < -0.3 is 20.3 Å². The van der Waals surface area contributed by atoms with Crippen molar-refractivity contribution in [3.63, 3.8) is 0 Å². The molecule has 2 N–H and O–H groups in total. The summed E-state index contributed by atoms with van der Waals surface area (Å²) in [7, 11) is -4.45. The summed E-state index contributed by atoms with van der Waals surface area (Å²) in [5, 5.41) is 4.74. The van der Waals surface area contributed by atoms with E-state index in [9.17, 15) is 31.6 Å². The zero-order valence-corrected chi connectivity index (χ0v) is 18.7. The summed E-state index contributed by atoms with van der Waals surface area (Å²) in [6, 6.07) is 2.10. The van der Waals surface area contributed by atoms with Crippen LogP contribution < -0.4 is 10.6 Å². The topological polar surface area (TPSA) is 125 Å². The van der Waals surface area contributed by atoms with Crippen LogP contribution in [0.25, 0.3) is 0 Å². The Bertz CT molecular complexity index is 1010. The third-order valence-electron chi connectivity index (χ3n) is 5.34. The molecule has 2 heterocycles. The van der Waals surface area contributed by atoms with Crippen LogP contribution in [0.4, 0.5) is 8.78 Å². The first-order valence-corrected chi connectivity index (χ1v) is 12.1. The number of sulfonamides is 1. The third kappa shape index (κ3) is 6.24. The van der Waals surface area contributed by atoms with Gasteiger partial charge in [0, 0.05) is 32.6 Å². The lowest BCUT2D eigenvalue weighted by molar-refractivity contribution is -0.140. The van der Waals surface area contributed by atoms with Crippen molar-refractivity contribution in [2.45, 2.75) is 36.8 Å². The van der Waals surface area contributed by atoms with Gasteiger partial charge in [-0.1, -0.05) is 0 Å². The first kappa shape index (κ1) is 25.0. The molecule has 1 atom stereocenters. The molecule has 182 valence electrons. The summed E-state index contributed by atoms with van der Waals surface area (Å²) >= 11 is 0. The van der Waals surface area contributed by atoms with Gasteiger partial charge in [-0.05, 0) is 37.5 Å². The Morgan fingerprint density at radius 3 is 2.61 bits per heavy atom. The average Bonchev–Trinajstić information content (AvgIpc) is 3.21. The van der Waals surface area contributed by atoms with E-state index >= 15 is 0 Å². The van der Waals surface area contributed by atoms with Gasteiger partial charge in [0.25, 0.3) is 0 Å². The van der Waals surface area contributed by atoms with Crippen LogP contribution in [0.3, 0.4) is 0 Å². The molecule has 0 aromatic heterocycles. The number of rotatable bonds is 8. The van der Waals surface area contributed by atoms with E-state index in [4.69, 9.17) is 4.74 Å². The normalized spacial score (nSPS) is 19.5. The number of halogens is 2. The Morgan fingerprint density at radius 2 is 1.88 bits per heavy atom. The number of ether oxygens (including phenoxy) is 1. The second-order valence-electron chi connectivity index (χ2n) is 7.67. The largest absolute Gasteiger partial charge is 0.360 e. The minimum Gasteiger partial charge on any atom is -0.360 e. The van der Waals surface area contributed by atoms with Crippen LogP contribution in [0.2, 0.25) is 0 Å². The summed E-state index contributed by atoms with van der Waals surface area (Å²) in [5.74, 6) is -3.85. The molecule has 3 amide bonds. The van der Waals surface area contributed by atoms with Gasteiger partial charge in [0.1, 0.15) is 22.8 Å². The zero-order valence-electron chi connectivity index (χ0n) is 17.9. The van der Waals surface area contributed by atoms with E-state index in [1.807, 2.05) is 0 Å². The highest BCUT2D eigenvalue weighted by Gasteiger charge is 2.36. The molecule has 2 aliphatic heterocycles. The maximum Gasteiger partial charge on any atom is 0.309 e. The smallest absolute Gasteiger partial charge is 0.309 e. The molecule has 2 fully saturated rings. The highest BCUT2D eigenvalue weighted by atomic mass is 32.2. The molecule has 0 unspecified atom stereocenters. The molecule has 33 heavy (non-hydrogen) atoms. The van der Waals surface area contributed by atoms with Crippen molar-refractivity contribution in [1.29, 1.82) is 0 Å². The van der Waals surface area contributed by atoms with E-state index in [-0.39, 0.29) is 32.1 Å². The fourth-order valence-electron chi connectivity index (χ4n) is 3.66. The molecule has 3 rings (SSSR count). The molecule has 0 aliphatic carbocycles. The number of amides is 3. The Balaban J connectivity index is 1.52. The number of hydrogen-bond acceptors (Lipinski definition) is 6. The van der Waals surface area contributed by atoms with Crippen molar-refractivity contribution in [3.05, 3.63) is 29.8 Å². The minimum absolute atomic E-state index is 0.0275. The first-order chi connectivity index (χ1) is 15.7. The predicted molar refractivity (Wildman–Crippen MR) is 111 cm³/mol. The second kappa shape index (κ2) is 11.0. The van der Waals surface area contributed by atoms with Crippen LogP contribution in [-0.4, -0.2) is 80.9 Å². The van der Waals surface area contributed by atoms with Gasteiger partial charge >= 0.3 is 11.8 Å². The molecule has 10 nitrogen and oxygen atoms in total. The van der Waals surface area contributed by atoms with Crippen molar-refractivity contribution in [2.75, 3.05) is 39.3 Å². The number of benzene rings is 1. The van der Waals surface area contributed by atoms with E-state index in [0.29, 0.717) is 44.5 Å². The zero-order chi connectivity index (χ0) is 24.0. The molecule has 0 saturated carbocycles. The van der Waals surface area contributed by atoms with Crippen molar-refractivity contribution in [3.8, 4) is 0 Å². The van der Waals surface area contributed by atoms with Crippen molar-refractivity contribution in [2.24, 2.45) is 0 Å². The third-order valence-corrected chi connectivity index (χ3v) is 7.24. The van der Waals surface area contributed by atoms with Gasteiger partial charge in [0.05, 0.1) is 13.2 Å². The Morgan fingerprint density at radius 1 is 1.12 bits per heavy atom. The van der Waals surface area contributed by atoms with E-state index in [1.165, 1.54) is 0 Å². The molecule has 13 heteroatoms. The van der Waals surface area contributed by atoms with Crippen LogP contribution >= 0.6 is 0 Å². The maximum absolute atomic E-state index is 14.1. The summed E-state index contributed by atoms with van der Waals surface area (Å²) in [6.45, 7) is 1.17. The summed E-state index contributed by atoms with van der Waals surface area (Å²) in [5.41, 5.74) is 0. The maximum atomic E-state index is 14.1. The van der Waals surface area contributed by atoms with Crippen molar-refractivity contribution in [1.82, 2.24) is 19.8 Å². The molecule has 1 aromatic carbocycles. The predicted octanol–water partition coefficient (Wildman–Crippen LogP) is -0.0532. The standard InChI is InChI=1S/C20H26F2N4O6S/c21-14-5-6-15(22)16(12-14)33(30,31)26-10-3-11-32-18(26)13-24-20(29)19(28)23-7-2-9-25-8-1-4-17(25)27/h5-6,12,18H,1-4,7-11,13H2,(H,23,28)(H,24,29)/t18-/m1/s1. The number of likely N-dealkylation sites (tertiary alicyclic amines) is 1. The number of nitrogens with zero attached hydrogens (tertiary/aromatic N) is 2. The lowest BCUT2D eigenvalue weighted by Gasteiger charge is -2.34. The van der Waals surface area contributed by atoms with E-state index in [0.717, 1.165) is 16.8 Å². The lowest BCUT2D eigenvalue weighted by Crippen LogP contribution is -2.53. The molecular formula is C20H26F2N4O6S. The van der Waals surface area contributed by atoms with Gasteiger partial charge in [-0.2, -0.15) is 4.31 Å². The fourth-order valence-corrected chi connectivity index (χ4v) is 5.30. The first-order valence-electron chi connectivity index (χ1n) is 10.6. The highest BCUT2D eigenvalue weighted by Crippen LogP contribution is 2.24. The number of hydrogen-bond donors (Lipinski definition) is 2. The average molecular weight is 489 g/mol. The quantitative estimate of drug-likeness (QED) is 0.390. The van der Waals surface area contributed by atoms with Gasteiger partial charge in [-0.25, -0.2) is 17.2 Å². The van der Waals surface area contributed by atoms with Crippen LogP contribution in [0.1, 0.15) is 25.7 Å². The summed E-state index contributed by atoms with van der Waals surface area (Å²) in [6.07, 6.45) is 0.957. The van der Waals surface area contributed by atoms with Crippen molar-refractivity contribution >= 4 is 27.7 Å². The van der Waals surface area contributed by atoms with Crippen molar-refractivity contribution < 1.29 is 36.3 Å². The van der Waals surface area contributed by atoms with Gasteiger partial charge in [-0.15, -0.1) is 0 Å². The molecule has 0 radical (unpaired) electrons. The van der Waals surface area contributed by atoms with E-state index in [1.54, 1.807) is 4.90 Å². The number of carbonyl (C=O) groups excluding carboxylic acids is 3. The van der Waals surface area contributed by atoms with Crippen LogP contribution in [-0.2, 0) is 29.1 Å². The monoisotopic (exact) mass is 488 g/mol. The molecule has 2 saturated heterocycles. The summed E-state index contributed by atoms with van der Waals surface area (Å²) < 4.78 is 59.6. The highest BCUT2D eigenvalue weighted by molar-refractivity contribution is 7.89. The van der Waals surface area contributed by atoms with Gasteiger partial charge in [0.2, 0.25) is 15.9 Å². The van der Waals surface area contributed by atoms with Crippen LogP contribution in [0, 0.1) is 11.6 Å². The summed E-state index contributed by atoms with van der Waals surface area (Å²) in [4.78, 5) is 36.5. The molecule has 0 spiro atoms. The van der Waals surface area contributed by atoms with Crippen LogP contribution in [0.5, 0.6) is 0 Å². The second-order valence-corrected chi connectivity index (χ2v) is 9.53. The molecule has 0 bridgehead atoms. The van der Waals surface area contributed by atoms with E-state index < -0.39 is 44.6 Å². The number of nitrogens with one attached hydrogen (secondary N) is 2. The SMILES string of the molecule is O=C(NCCCN1CCCC1=O)C(=O)NC[C@H]1OCCCN1S(=O)(=O)c1cc(F)ccc1F. The Kier molecular flexibility index (Phi) is 8.32. The Hall–Kier alpha value is -2.64.